The predicted molar refractivity (Wildman–Crippen MR) is 139 cm³/mol. The Morgan fingerprint density at radius 3 is 2.35 bits per heavy atom. The number of nitrogens with zero attached hydrogens (tertiary/aromatic N) is 1. The van der Waals surface area contributed by atoms with E-state index in [1.165, 1.54) is 25.3 Å². The monoisotopic (exact) mass is 547 g/mol. The number of ether oxygens (including phenoxy) is 2. The number of methoxy groups -OCH3 is 1. The fourth-order valence-electron chi connectivity index (χ4n) is 3.80. The summed E-state index contributed by atoms with van der Waals surface area (Å²) in [5.41, 5.74) is 0.135. The molecule has 0 aromatic heterocycles. The lowest BCUT2D eigenvalue weighted by Crippen LogP contribution is -2.40. The quantitative estimate of drug-likeness (QED) is 0.224. The van der Waals surface area contributed by atoms with E-state index in [2.05, 4.69) is 4.74 Å². The molecule has 0 atom stereocenters. The maximum Gasteiger partial charge on any atom is 0.334 e. The standard InChI is InChI=1S/C27H27ClFNO6S/c1-3-13-36-27(34)19-12-8-7-11-18(19)26(33)30(25(32)17-9-5-4-6-10-17)22-15-23(20(28)14-21(22)29)37-16-24(31)35-2/h4-6,9-10,14-15H,3,7-8,11-13,16H2,1-2H3. The molecular formula is C27H27ClFNO6S. The van der Waals surface area contributed by atoms with Crippen molar-refractivity contribution in [3.8, 4) is 0 Å². The summed E-state index contributed by atoms with van der Waals surface area (Å²) >= 11 is 7.18. The van der Waals surface area contributed by atoms with Crippen molar-refractivity contribution in [1.29, 1.82) is 0 Å². The summed E-state index contributed by atoms with van der Waals surface area (Å²) in [5.74, 6) is -3.72. The third-order valence-electron chi connectivity index (χ3n) is 5.65. The molecule has 0 spiro atoms. The average Bonchev–Trinajstić information content (AvgIpc) is 2.92. The van der Waals surface area contributed by atoms with Crippen LogP contribution in [0.25, 0.3) is 0 Å². The van der Waals surface area contributed by atoms with Gasteiger partial charge >= 0.3 is 11.9 Å². The van der Waals surface area contributed by atoms with Crippen molar-refractivity contribution < 1.29 is 33.0 Å². The van der Waals surface area contributed by atoms with Crippen LogP contribution in [0.5, 0.6) is 0 Å². The van der Waals surface area contributed by atoms with Gasteiger partial charge in [-0.05, 0) is 56.4 Å². The van der Waals surface area contributed by atoms with Crippen LogP contribution >= 0.6 is 23.4 Å². The first-order chi connectivity index (χ1) is 17.8. The molecule has 1 aliphatic rings. The molecule has 0 heterocycles. The Morgan fingerprint density at radius 2 is 1.70 bits per heavy atom. The number of imide groups is 1. The molecular weight excluding hydrogens is 521 g/mol. The normalized spacial score (nSPS) is 13.2. The van der Waals surface area contributed by atoms with Crippen LogP contribution in [-0.4, -0.2) is 43.2 Å². The van der Waals surface area contributed by atoms with Gasteiger partial charge in [-0.3, -0.25) is 14.4 Å². The van der Waals surface area contributed by atoms with Crippen molar-refractivity contribution in [2.75, 3.05) is 24.4 Å². The summed E-state index contributed by atoms with van der Waals surface area (Å²) in [6.07, 6.45) is 2.49. The lowest BCUT2D eigenvalue weighted by Gasteiger charge is -2.26. The summed E-state index contributed by atoms with van der Waals surface area (Å²) in [6.45, 7) is 2.05. The SMILES string of the molecule is CCCOC(=O)C1=C(C(=O)N(C(=O)c2ccccc2)c2cc(SCC(=O)OC)c(Cl)cc2F)CCCC1. The van der Waals surface area contributed by atoms with Gasteiger partial charge in [-0.15, -0.1) is 11.8 Å². The number of thioether (sulfide) groups is 1. The van der Waals surface area contributed by atoms with E-state index < -0.39 is 29.6 Å². The highest BCUT2D eigenvalue weighted by Crippen LogP contribution is 2.36. The number of hydrogen-bond donors (Lipinski definition) is 0. The van der Waals surface area contributed by atoms with Crippen molar-refractivity contribution in [3.05, 3.63) is 70.0 Å². The van der Waals surface area contributed by atoms with Crippen molar-refractivity contribution in [2.45, 2.75) is 43.9 Å². The summed E-state index contributed by atoms with van der Waals surface area (Å²) in [7, 11) is 1.24. The van der Waals surface area contributed by atoms with Crippen molar-refractivity contribution in [1.82, 2.24) is 0 Å². The van der Waals surface area contributed by atoms with E-state index in [1.54, 1.807) is 18.2 Å². The molecule has 1 aliphatic carbocycles. The highest BCUT2D eigenvalue weighted by atomic mass is 35.5. The Bertz CT molecular complexity index is 1220. The fourth-order valence-corrected chi connectivity index (χ4v) is 4.90. The highest BCUT2D eigenvalue weighted by Gasteiger charge is 2.34. The minimum Gasteiger partial charge on any atom is -0.468 e. The van der Waals surface area contributed by atoms with Crippen LogP contribution in [0.1, 0.15) is 49.4 Å². The molecule has 0 N–H and O–H groups in total. The third kappa shape index (κ3) is 6.99. The molecule has 7 nitrogen and oxygen atoms in total. The van der Waals surface area contributed by atoms with Crippen LogP contribution in [0.4, 0.5) is 10.1 Å². The summed E-state index contributed by atoms with van der Waals surface area (Å²) in [5, 5.41) is 0.00965. The Labute approximate surface area is 223 Å². The molecule has 0 saturated heterocycles. The molecule has 196 valence electrons. The zero-order valence-electron chi connectivity index (χ0n) is 20.6. The highest BCUT2D eigenvalue weighted by molar-refractivity contribution is 8.00. The van der Waals surface area contributed by atoms with Gasteiger partial charge in [-0.25, -0.2) is 14.1 Å². The van der Waals surface area contributed by atoms with Gasteiger partial charge in [0.2, 0.25) is 0 Å². The Hall–Kier alpha value is -3.17. The number of carbonyl (C=O) groups is 4. The number of benzene rings is 2. The number of carbonyl (C=O) groups excluding carboxylic acids is 4. The van der Waals surface area contributed by atoms with Crippen LogP contribution in [0.15, 0.2) is 58.5 Å². The number of amides is 2. The third-order valence-corrected chi connectivity index (χ3v) is 7.11. The van der Waals surface area contributed by atoms with Gasteiger partial charge in [-0.1, -0.05) is 36.7 Å². The van der Waals surface area contributed by atoms with Crippen molar-refractivity contribution >= 4 is 52.8 Å². The Kier molecular flexibility index (Phi) is 10.3. The van der Waals surface area contributed by atoms with Gasteiger partial charge in [-0.2, -0.15) is 0 Å². The second kappa shape index (κ2) is 13.4. The van der Waals surface area contributed by atoms with E-state index in [1.807, 2.05) is 6.92 Å². The minimum absolute atomic E-state index is 0.00965. The second-order valence-corrected chi connectivity index (χ2v) is 9.64. The first-order valence-corrected chi connectivity index (χ1v) is 13.2. The van der Waals surface area contributed by atoms with Crippen molar-refractivity contribution in [2.24, 2.45) is 0 Å². The van der Waals surface area contributed by atoms with Gasteiger partial charge in [0.1, 0.15) is 5.82 Å². The molecule has 2 aromatic rings. The maximum atomic E-state index is 15.3. The molecule has 0 radical (unpaired) electrons. The van der Waals surface area contributed by atoms with Crippen LogP contribution < -0.4 is 4.90 Å². The van der Waals surface area contributed by atoms with Gasteiger partial charge in [0.15, 0.2) is 0 Å². The smallest absolute Gasteiger partial charge is 0.334 e. The molecule has 0 aliphatic heterocycles. The zero-order chi connectivity index (χ0) is 26.9. The topological polar surface area (TPSA) is 90.0 Å². The van der Waals surface area contributed by atoms with E-state index in [4.69, 9.17) is 16.3 Å². The zero-order valence-corrected chi connectivity index (χ0v) is 22.1. The first kappa shape index (κ1) is 28.4. The molecule has 3 rings (SSSR count). The molecule has 0 saturated carbocycles. The molecule has 0 bridgehead atoms. The van der Waals surface area contributed by atoms with E-state index in [0.717, 1.165) is 22.7 Å². The molecule has 0 unspecified atom stereocenters. The molecule has 0 fully saturated rings. The number of halogens is 2. The van der Waals surface area contributed by atoms with E-state index in [0.29, 0.717) is 25.7 Å². The summed E-state index contributed by atoms with van der Waals surface area (Å²) in [4.78, 5) is 52.9. The van der Waals surface area contributed by atoms with E-state index in [-0.39, 0.29) is 51.1 Å². The largest absolute Gasteiger partial charge is 0.468 e. The molecule has 2 amide bonds. The first-order valence-electron chi connectivity index (χ1n) is 11.8. The number of anilines is 1. The summed E-state index contributed by atoms with van der Waals surface area (Å²) in [6, 6.07) is 10.2. The number of esters is 2. The van der Waals surface area contributed by atoms with Gasteiger partial charge in [0.05, 0.1) is 30.2 Å². The Balaban J connectivity index is 2.13. The van der Waals surface area contributed by atoms with Crippen LogP contribution in [0.2, 0.25) is 5.02 Å². The van der Waals surface area contributed by atoms with Gasteiger partial charge < -0.3 is 9.47 Å². The average molecular weight is 548 g/mol. The lowest BCUT2D eigenvalue weighted by atomic mass is 9.90. The van der Waals surface area contributed by atoms with Crippen LogP contribution in [-0.2, 0) is 23.9 Å². The predicted octanol–water partition coefficient (Wildman–Crippen LogP) is 5.74. The van der Waals surface area contributed by atoms with Crippen molar-refractivity contribution in [3.63, 3.8) is 0 Å². The molecule has 37 heavy (non-hydrogen) atoms. The van der Waals surface area contributed by atoms with Crippen LogP contribution in [0, 0.1) is 5.82 Å². The van der Waals surface area contributed by atoms with Crippen LogP contribution in [0.3, 0.4) is 0 Å². The fraction of sp³-hybridized carbons (Fsp3) is 0.333. The van der Waals surface area contributed by atoms with E-state index in [9.17, 15) is 19.2 Å². The molecule has 10 heteroatoms. The van der Waals surface area contributed by atoms with E-state index >= 15 is 4.39 Å². The van der Waals surface area contributed by atoms with Gasteiger partial charge in [0.25, 0.3) is 11.8 Å². The molecule has 2 aromatic carbocycles. The Morgan fingerprint density at radius 1 is 1.03 bits per heavy atom. The van der Waals surface area contributed by atoms with Gasteiger partial charge in [0, 0.05) is 21.6 Å². The summed E-state index contributed by atoms with van der Waals surface area (Å²) < 4.78 is 25.2. The number of hydrogen-bond acceptors (Lipinski definition) is 7. The maximum absolute atomic E-state index is 15.3. The second-order valence-electron chi connectivity index (χ2n) is 8.21. The number of rotatable bonds is 9. The minimum atomic E-state index is -0.906. The lowest BCUT2D eigenvalue weighted by molar-refractivity contribution is -0.140.